The first-order chi connectivity index (χ1) is 7.24. The van der Waals surface area contributed by atoms with E-state index in [0.717, 1.165) is 32.1 Å². The zero-order valence-electron chi connectivity index (χ0n) is 8.95. The fourth-order valence-corrected chi connectivity index (χ4v) is 1.48. The molecule has 4 nitrogen and oxygen atoms in total. The third-order valence-corrected chi connectivity index (χ3v) is 2.35. The maximum absolute atomic E-state index is 11.5. The highest BCUT2D eigenvalue weighted by molar-refractivity contribution is 5.89. The standard InChI is InChI=1S/C11H16O4/c1-14-10(12)8-15-11(13)9-6-4-2-3-5-7-9/h6H,2-5,7-8H2,1H3. The molecule has 0 bridgehead atoms. The third-order valence-electron chi connectivity index (χ3n) is 2.35. The second-order valence-electron chi connectivity index (χ2n) is 3.48. The van der Waals surface area contributed by atoms with Gasteiger partial charge in [-0.05, 0) is 25.7 Å². The van der Waals surface area contributed by atoms with Crippen molar-refractivity contribution >= 4 is 11.9 Å². The average Bonchev–Trinajstić information content (AvgIpc) is 2.53. The number of rotatable bonds is 3. The summed E-state index contributed by atoms with van der Waals surface area (Å²) >= 11 is 0. The van der Waals surface area contributed by atoms with E-state index < -0.39 is 5.97 Å². The van der Waals surface area contributed by atoms with Crippen LogP contribution in [-0.2, 0) is 19.1 Å². The van der Waals surface area contributed by atoms with Crippen LogP contribution in [0, 0.1) is 0 Å². The van der Waals surface area contributed by atoms with Gasteiger partial charge in [0.25, 0.3) is 0 Å². The van der Waals surface area contributed by atoms with Gasteiger partial charge in [0.05, 0.1) is 7.11 Å². The molecule has 1 rings (SSSR count). The molecule has 0 fully saturated rings. The van der Waals surface area contributed by atoms with Crippen molar-refractivity contribution in [2.24, 2.45) is 0 Å². The summed E-state index contributed by atoms with van der Waals surface area (Å²) in [5.74, 6) is -0.917. The summed E-state index contributed by atoms with van der Waals surface area (Å²) < 4.78 is 9.18. The first-order valence-electron chi connectivity index (χ1n) is 5.17. The van der Waals surface area contributed by atoms with Gasteiger partial charge in [-0.1, -0.05) is 12.5 Å². The molecule has 15 heavy (non-hydrogen) atoms. The molecule has 0 saturated carbocycles. The molecule has 0 N–H and O–H groups in total. The quantitative estimate of drug-likeness (QED) is 0.667. The molecular formula is C11H16O4. The van der Waals surface area contributed by atoms with Crippen LogP contribution in [0.25, 0.3) is 0 Å². The van der Waals surface area contributed by atoms with E-state index in [-0.39, 0.29) is 12.6 Å². The zero-order valence-corrected chi connectivity index (χ0v) is 8.95. The van der Waals surface area contributed by atoms with Gasteiger partial charge in [-0.2, -0.15) is 0 Å². The molecule has 0 saturated heterocycles. The Morgan fingerprint density at radius 1 is 1.33 bits per heavy atom. The Morgan fingerprint density at radius 3 is 2.87 bits per heavy atom. The van der Waals surface area contributed by atoms with E-state index in [4.69, 9.17) is 4.74 Å². The smallest absolute Gasteiger partial charge is 0.344 e. The molecule has 0 unspecified atom stereocenters. The number of hydrogen-bond acceptors (Lipinski definition) is 4. The van der Waals surface area contributed by atoms with Crippen LogP contribution in [-0.4, -0.2) is 25.7 Å². The first kappa shape index (κ1) is 11.8. The van der Waals surface area contributed by atoms with Crippen LogP contribution < -0.4 is 0 Å². The zero-order chi connectivity index (χ0) is 11.1. The summed E-state index contributed by atoms with van der Waals surface area (Å²) in [4.78, 5) is 22.2. The van der Waals surface area contributed by atoms with E-state index in [1.807, 2.05) is 6.08 Å². The number of hydrogen-bond donors (Lipinski definition) is 0. The van der Waals surface area contributed by atoms with Crippen molar-refractivity contribution in [1.29, 1.82) is 0 Å². The molecule has 1 aliphatic carbocycles. The Kier molecular flexibility index (Phi) is 4.87. The van der Waals surface area contributed by atoms with Crippen LogP contribution >= 0.6 is 0 Å². The number of methoxy groups -OCH3 is 1. The number of carbonyl (C=O) groups excluding carboxylic acids is 2. The molecule has 1 aliphatic rings. The highest BCUT2D eigenvalue weighted by Crippen LogP contribution is 2.17. The minimum absolute atomic E-state index is 0.299. The van der Waals surface area contributed by atoms with Gasteiger partial charge in [0, 0.05) is 5.57 Å². The van der Waals surface area contributed by atoms with Crippen molar-refractivity contribution in [3.63, 3.8) is 0 Å². The van der Waals surface area contributed by atoms with Gasteiger partial charge in [0.1, 0.15) is 0 Å². The molecule has 0 atom stereocenters. The van der Waals surface area contributed by atoms with Gasteiger partial charge >= 0.3 is 11.9 Å². The average molecular weight is 212 g/mol. The normalized spacial score (nSPS) is 16.2. The summed E-state index contributed by atoms with van der Waals surface area (Å²) in [6.07, 6.45) is 6.85. The van der Waals surface area contributed by atoms with E-state index in [9.17, 15) is 9.59 Å². The Labute approximate surface area is 89.2 Å². The molecule has 0 heterocycles. The summed E-state index contributed by atoms with van der Waals surface area (Å²) in [7, 11) is 1.26. The van der Waals surface area contributed by atoms with Crippen molar-refractivity contribution in [1.82, 2.24) is 0 Å². The molecular weight excluding hydrogens is 196 g/mol. The summed E-state index contributed by atoms with van der Waals surface area (Å²) in [6, 6.07) is 0. The van der Waals surface area contributed by atoms with Gasteiger partial charge in [0.2, 0.25) is 0 Å². The Balaban J connectivity index is 2.38. The Morgan fingerprint density at radius 2 is 2.13 bits per heavy atom. The number of ether oxygens (including phenoxy) is 2. The Hall–Kier alpha value is -1.32. The second kappa shape index (κ2) is 6.22. The molecule has 0 amide bonds. The highest BCUT2D eigenvalue weighted by Gasteiger charge is 2.14. The molecule has 84 valence electrons. The lowest BCUT2D eigenvalue weighted by atomic mass is 10.1. The van der Waals surface area contributed by atoms with Gasteiger partial charge in [0.15, 0.2) is 6.61 Å². The lowest BCUT2D eigenvalue weighted by molar-refractivity contribution is -0.154. The molecule has 0 aromatic rings. The van der Waals surface area contributed by atoms with E-state index >= 15 is 0 Å². The van der Waals surface area contributed by atoms with Gasteiger partial charge in [-0.3, -0.25) is 0 Å². The molecule has 4 heteroatoms. The fraction of sp³-hybridized carbons (Fsp3) is 0.636. The SMILES string of the molecule is COC(=O)COC(=O)C1=CCCCCC1. The maximum atomic E-state index is 11.5. The fourth-order valence-electron chi connectivity index (χ4n) is 1.48. The maximum Gasteiger partial charge on any atom is 0.344 e. The number of esters is 2. The van der Waals surface area contributed by atoms with Crippen LogP contribution in [0.2, 0.25) is 0 Å². The van der Waals surface area contributed by atoms with Crippen molar-refractivity contribution < 1.29 is 19.1 Å². The van der Waals surface area contributed by atoms with Gasteiger partial charge < -0.3 is 9.47 Å². The Bertz CT molecular complexity index is 268. The van der Waals surface area contributed by atoms with Gasteiger partial charge in [-0.25, -0.2) is 9.59 Å². The predicted molar refractivity (Wildman–Crippen MR) is 54.1 cm³/mol. The molecule has 0 aromatic carbocycles. The van der Waals surface area contributed by atoms with E-state index in [1.165, 1.54) is 7.11 Å². The summed E-state index contributed by atoms with van der Waals surface area (Å²) in [6.45, 7) is -0.299. The van der Waals surface area contributed by atoms with Crippen LogP contribution in [0.5, 0.6) is 0 Å². The van der Waals surface area contributed by atoms with Crippen molar-refractivity contribution in [2.75, 3.05) is 13.7 Å². The van der Waals surface area contributed by atoms with Crippen molar-refractivity contribution in [2.45, 2.75) is 32.1 Å². The lowest BCUT2D eigenvalue weighted by Gasteiger charge is -2.05. The summed E-state index contributed by atoms with van der Waals surface area (Å²) in [5, 5.41) is 0. The van der Waals surface area contributed by atoms with Crippen LogP contribution in [0.15, 0.2) is 11.6 Å². The van der Waals surface area contributed by atoms with E-state index in [0.29, 0.717) is 5.57 Å². The second-order valence-corrected chi connectivity index (χ2v) is 3.48. The molecule has 0 aromatic heterocycles. The van der Waals surface area contributed by atoms with Crippen molar-refractivity contribution in [3.05, 3.63) is 11.6 Å². The van der Waals surface area contributed by atoms with E-state index in [1.54, 1.807) is 0 Å². The van der Waals surface area contributed by atoms with Crippen LogP contribution in [0.4, 0.5) is 0 Å². The lowest BCUT2D eigenvalue weighted by Crippen LogP contribution is -2.16. The van der Waals surface area contributed by atoms with Gasteiger partial charge in [-0.15, -0.1) is 0 Å². The minimum atomic E-state index is -0.530. The van der Waals surface area contributed by atoms with E-state index in [2.05, 4.69) is 4.74 Å². The number of carbonyl (C=O) groups is 2. The van der Waals surface area contributed by atoms with Crippen LogP contribution in [0.1, 0.15) is 32.1 Å². The minimum Gasteiger partial charge on any atom is -0.466 e. The largest absolute Gasteiger partial charge is 0.466 e. The van der Waals surface area contributed by atoms with Crippen molar-refractivity contribution in [3.8, 4) is 0 Å². The monoisotopic (exact) mass is 212 g/mol. The third kappa shape index (κ3) is 4.14. The first-order valence-corrected chi connectivity index (χ1v) is 5.17. The molecule has 0 spiro atoms. The number of allylic oxidation sites excluding steroid dienone is 1. The predicted octanol–water partition coefficient (Wildman–Crippen LogP) is 1.59. The highest BCUT2D eigenvalue weighted by atomic mass is 16.6. The molecule has 0 radical (unpaired) electrons. The summed E-state index contributed by atoms with van der Waals surface area (Å²) in [5.41, 5.74) is 0.691. The van der Waals surface area contributed by atoms with Crippen LogP contribution in [0.3, 0.4) is 0 Å². The molecule has 0 aliphatic heterocycles. The topological polar surface area (TPSA) is 52.6 Å².